The van der Waals surface area contributed by atoms with Gasteiger partial charge in [-0.15, -0.1) is 0 Å². The summed E-state index contributed by atoms with van der Waals surface area (Å²) in [5, 5.41) is 0.728. The zero-order chi connectivity index (χ0) is 28.2. The fourth-order valence-corrected chi connectivity index (χ4v) is 6.59. The fraction of sp³-hybridized carbons (Fsp3) is 0.485. The van der Waals surface area contributed by atoms with Gasteiger partial charge in [-0.2, -0.15) is 0 Å². The summed E-state index contributed by atoms with van der Waals surface area (Å²) in [7, 11) is 0. The Labute approximate surface area is 234 Å². The smallest absolute Gasteiger partial charge is 0.374 e. The summed E-state index contributed by atoms with van der Waals surface area (Å²) in [4.78, 5) is 41.7. The molecule has 0 bridgehead atoms. The van der Waals surface area contributed by atoms with Gasteiger partial charge in [0.25, 0.3) is 0 Å². The van der Waals surface area contributed by atoms with Crippen molar-refractivity contribution in [2.45, 2.75) is 64.3 Å². The Kier molecular flexibility index (Phi) is 8.67. The molecule has 3 aromatic rings. The number of likely N-dealkylation sites (tertiary alicyclic amines) is 1. The number of hydrogen-bond acceptors (Lipinski definition) is 5. The molecule has 2 fully saturated rings. The molecule has 1 saturated heterocycles. The van der Waals surface area contributed by atoms with Gasteiger partial charge < -0.3 is 14.1 Å². The van der Waals surface area contributed by atoms with Crippen molar-refractivity contribution in [3.63, 3.8) is 0 Å². The first-order valence-electron chi connectivity index (χ1n) is 14.5. The topological polar surface area (TPSA) is 76.8 Å². The van der Waals surface area contributed by atoms with E-state index in [1.165, 1.54) is 0 Å². The molecule has 212 valence electrons. The zero-order valence-electron chi connectivity index (χ0n) is 23.3. The van der Waals surface area contributed by atoms with Crippen molar-refractivity contribution in [2.24, 2.45) is 17.8 Å². The van der Waals surface area contributed by atoms with Crippen LogP contribution in [0, 0.1) is 17.8 Å². The molecule has 1 aromatic heterocycles. The first kappa shape index (κ1) is 28.1. The number of furan rings is 1. The summed E-state index contributed by atoms with van der Waals surface area (Å²) in [5.41, 5.74) is 2.43. The van der Waals surface area contributed by atoms with Crippen LogP contribution in [0.4, 0.5) is 4.39 Å². The lowest BCUT2D eigenvalue weighted by Gasteiger charge is -2.35. The monoisotopic (exact) mass is 547 g/mol. The zero-order valence-corrected chi connectivity index (χ0v) is 23.3. The van der Waals surface area contributed by atoms with Gasteiger partial charge in [0.15, 0.2) is 5.78 Å². The Morgan fingerprint density at radius 1 is 1.02 bits per heavy atom. The molecule has 40 heavy (non-hydrogen) atoms. The number of nitrogens with zero attached hydrogens (tertiary/aromatic N) is 1. The lowest BCUT2D eigenvalue weighted by atomic mass is 9.76. The van der Waals surface area contributed by atoms with Gasteiger partial charge in [0.05, 0.1) is 19.3 Å². The maximum absolute atomic E-state index is 14.0. The first-order valence-corrected chi connectivity index (χ1v) is 14.5. The molecule has 2 aromatic carbocycles. The molecule has 0 unspecified atom stereocenters. The summed E-state index contributed by atoms with van der Waals surface area (Å²) >= 11 is 0. The van der Waals surface area contributed by atoms with Crippen LogP contribution >= 0.6 is 0 Å². The molecule has 7 heteroatoms. The Morgan fingerprint density at radius 3 is 2.48 bits per heavy atom. The van der Waals surface area contributed by atoms with Crippen LogP contribution in [0.5, 0.6) is 0 Å². The molecular weight excluding hydrogens is 509 g/mol. The van der Waals surface area contributed by atoms with Crippen molar-refractivity contribution in [2.75, 3.05) is 19.8 Å². The predicted octanol–water partition coefficient (Wildman–Crippen LogP) is 6.52. The van der Waals surface area contributed by atoms with Crippen LogP contribution in [0.1, 0.15) is 73.6 Å². The second kappa shape index (κ2) is 12.4. The molecule has 0 radical (unpaired) electrons. The van der Waals surface area contributed by atoms with Gasteiger partial charge >= 0.3 is 5.97 Å². The van der Waals surface area contributed by atoms with Crippen LogP contribution in [0.25, 0.3) is 11.0 Å². The van der Waals surface area contributed by atoms with E-state index in [-0.39, 0.29) is 54.9 Å². The highest BCUT2D eigenvalue weighted by Gasteiger charge is 2.44. The van der Waals surface area contributed by atoms with Crippen molar-refractivity contribution in [1.29, 1.82) is 0 Å². The number of rotatable bonds is 9. The van der Waals surface area contributed by atoms with Crippen LogP contribution in [0.2, 0.25) is 0 Å². The third-order valence-corrected chi connectivity index (χ3v) is 8.84. The lowest BCUT2D eigenvalue weighted by Crippen LogP contribution is -2.46. The number of ketones is 1. The summed E-state index contributed by atoms with van der Waals surface area (Å²) in [6.07, 6.45) is 4.13. The van der Waals surface area contributed by atoms with E-state index < -0.39 is 12.0 Å². The average Bonchev–Trinajstić information content (AvgIpc) is 3.62. The number of carbonyl (C=O) groups excluding carboxylic acids is 3. The molecule has 0 spiro atoms. The van der Waals surface area contributed by atoms with Crippen molar-refractivity contribution in [1.82, 2.24) is 4.90 Å². The fourth-order valence-electron chi connectivity index (χ4n) is 6.59. The molecule has 1 amide bonds. The number of esters is 1. The molecule has 1 saturated carbocycles. The standard InChI is InChI=1S/C33H38FNO5/c1-3-39-33(38)30-19-26-17-22(9-14-29(26)40-30)18-28(36)31-27(24-7-5-4-6-8-24)15-16-35(31)32(37)25-12-10-23(11-13-25)21(2)20-34/h4-9,14,17,19,21,23,25,27,31H,3,10-13,15-16,18,20H2,1-2H3/t21-,23?,25?,27-,31+/m1/s1. The molecular formula is C33H38FNO5. The average molecular weight is 548 g/mol. The number of carbonyl (C=O) groups is 3. The first-order chi connectivity index (χ1) is 19.4. The highest BCUT2D eigenvalue weighted by molar-refractivity contribution is 5.95. The van der Waals surface area contributed by atoms with E-state index in [2.05, 4.69) is 0 Å². The minimum atomic E-state index is -0.535. The second-order valence-electron chi connectivity index (χ2n) is 11.4. The van der Waals surface area contributed by atoms with Gasteiger partial charge in [-0.3, -0.25) is 14.0 Å². The molecule has 3 atom stereocenters. The van der Waals surface area contributed by atoms with Crippen LogP contribution in [0.15, 0.2) is 59.0 Å². The van der Waals surface area contributed by atoms with Gasteiger partial charge in [-0.1, -0.05) is 43.3 Å². The largest absolute Gasteiger partial charge is 0.460 e. The highest BCUT2D eigenvalue weighted by Crippen LogP contribution is 2.39. The maximum Gasteiger partial charge on any atom is 0.374 e. The Bertz CT molecular complexity index is 1340. The summed E-state index contributed by atoms with van der Waals surface area (Å²) < 4.78 is 23.9. The maximum atomic E-state index is 14.0. The third-order valence-electron chi connectivity index (χ3n) is 8.84. The number of alkyl halides is 1. The minimum absolute atomic E-state index is 0.00732. The SMILES string of the molecule is CCOC(=O)c1cc2cc(CC(=O)[C@@H]3[C@@H](c4ccccc4)CCN3C(=O)C3CCC([C@H](C)CF)CC3)ccc2o1. The minimum Gasteiger partial charge on any atom is -0.460 e. The summed E-state index contributed by atoms with van der Waals surface area (Å²) in [6, 6.07) is 16.6. The quantitative estimate of drug-likeness (QED) is 0.285. The highest BCUT2D eigenvalue weighted by atomic mass is 19.1. The lowest BCUT2D eigenvalue weighted by molar-refractivity contribution is -0.142. The number of benzene rings is 2. The van der Waals surface area contributed by atoms with Crippen molar-refractivity contribution in [3.05, 3.63) is 71.5 Å². The van der Waals surface area contributed by atoms with E-state index in [1.807, 2.05) is 54.3 Å². The Morgan fingerprint density at radius 2 is 1.77 bits per heavy atom. The van der Waals surface area contributed by atoms with Crippen LogP contribution in [0.3, 0.4) is 0 Å². The van der Waals surface area contributed by atoms with E-state index in [0.29, 0.717) is 18.0 Å². The Balaban J connectivity index is 1.36. The van der Waals surface area contributed by atoms with Crippen molar-refractivity contribution in [3.8, 4) is 0 Å². The molecule has 6 nitrogen and oxygen atoms in total. The van der Waals surface area contributed by atoms with Gasteiger partial charge in [0.1, 0.15) is 5.58 Å². The van der Waals surface area contributed by atoms with Crippen LogP contribution in [-0.2, 0) is 20.7 Å². The predicted molar refractivity (Wildman–Crippen MR) is 151 cm³/mol. The van der Waals surface area contributed by atoms with E-state index in [0.717, 1.165) is 48.6 Å². The van der Waals surface area contributed by atoms with Gasteiger partial charge in [0.2, 0.25) is 11.7 Å². The molecule has 1 aliphatic heterocycles. The number of halogens is 1. The number of hydrogen-bond donors (Lipinski definition) is 0. The second-order valence-corrected chi connectivity index (χ2v) is 11.4. The normalized spacial score (nSPS) is 23.7. The van der Waals surface area contributed by atoms with E-state index >= 15 is 0 Å². The molecule has 1 aliphatic carbocycles. The molecule has 5 rings (SSSR count). The number of ether oxygens (including phenoxy) is 1. The van der Waals surface area contributed by atoms with Crippen LogP contribution in [-0.4, -0.2) is 48.4 Å². The van der Waals surface area contributed by atoms with Gasteiger partial charge in [0, 0.05) is 30.2 Å². The molecule has 2 heterocycles. The van der Waals surface area contributed by atoms with Crippen molar-refractivity contribution < 1.29 is 27.9 Å². The molecule has 0 N–H and O–H groups in total. The summed E-state index contributed by atoms with van der Waals surface area (Å²) in [5.74, 6) is -0.140. The third kappa shape index (κ3) is 5.84. The number of fused-ring (bicyclic) bond motifs is 1. The number of Topliss-reactive ketones (excluding diaryl/α,β-unsaturated/α-hetero) is 1. The van der Waals surface area contributed by atoms with Gasteiger partial charge in [-0.25, -0.2) is 4.79 Å². The molecule has 2 aliphatic rings. The van der Waals surface area contributed by atoms with Gasteiger partial charge in [-0.05, 0) is 80.2 Å². The van der Waals surface area contributed by atoms with E-state index in [4.69, 9.17) is 9.15 Å². The van der Waals surface area contributed by atoms with Crippen LogP contribution < -0.4 is 0 Å². The number of amides is 1. The summed E-state index contributed by atoms with van der Waals surface area (Å²) in [6.45, 7) is 4.18. The van der Waals surface area contributed by atoms with E-state index in [1.54, 1.807) is 19.1 Å². The van der Waals surface area contributed by atoms with E-state index in [9.17, 15) is 18.8 Å². The Hall–Kier alpha value is -3.48. The van der Waals surface area contributed by atoms with Crippen molar-refractivity contribution >= 4 is 28.6 Å².